The van der Waals surface area contributed by atoms with Crippen molar-refractivity contribution in [3.05, 3.63) is 77.9 Å². The molecule has 264 valence electrons. The van der Waals surface area contributed by atoms with Gasteiger partial charge in [0.05, 0.1) is 36.9 Å². The van der Waals surface area contributed by atoms with Crippen LogP contribution in [-0.2, 0) is 12.0 Å². The molecule has 0 unspecified atom stereocenters. The molecular formula is C37H49N11O2. The van der Waals surface area contributed by atoms with E-state index in [1.807, 2.05) is 51.8 Å². The molecule has 2 N–H and O–H groups in total. The second kappa shape index (κ2) is 14.1. The van der Waals surface area contributed by atoms with Gasteiger partial charge in [-0.2, -0.15) is 10.2 Å². The van der Waals surface area contributed by atoms with Gasteiger partial charge in [0.25, 0.3) is 0 Å². The van der Waals surface area contributed by atoms with Gasteiger partial charge in [-0.15, -0.1) is 10.2 Å². The number of benzene rings is 1. The molecule has 1 aliphatic heterocycles. The SMILES string of the molecule is CCN(C)CCn1cc(-n2nc(C(C)(C)C)cc2NC(=O)N[C@H]2CC[C@@H](Oc3ccc4nnc(N5CCCCC5)n4c3)c3ccccc32)cn1. The van der Waals surface area contributed by atoms with E-state index >= 15 is 0 Å². The van der Waals surface area contributed by atoms with Crippen LogP contribution < -0.4 is 20.3 Å². The molecule has 5 heterocycles. The first-order valence-corrected chi connectivity index (χ1v) is 17.9. The van der Waals surface area contributed by atoms with Crippen LogP contribution in [0.15, 0.2) is 61.1 Å². The molecule has 13 heteroatoms. The molecule has 0 spiro atoms. The number of carbonyl (C=O) groups excluding carboxylic acids is 1. The molecule has 0 saturated carbocycles. The molecule has 2 atom stereocenters. The van der Waals surface area contributed by atoms with Crippen molar-refractivity contribution in [2.75, 3.05) is 43.4 Å². The number of nitrogens with zero attached hydrogens (tertiary/aromatic N) is 9. The number of pyridine rings is 1. The first kappa shape index (κ1) is 33.6. The molecule has 2 amide bonds. The molecule has 1 aromatic carbocycles. The fourth-order valence-electron chi connectivity index (χ4n) is 6.79. The van der Waals surface area contributed by atoms with Crippen LogP contribution in [0.3, 0.4) is 0 Å². The number of aromatic nitrogens is 7. The van der Waals surface area contributed by atoms with E-state index in [1.165, 1.54) is 19.3 Å². The van der Waals surface area contributed by atoms with Gasteiger partial charge in [-0.25, -0.2) is 9.48 Å². The first-order valence-electron chi connectivity index (χ1n) is 17.9. The highest BCUT2D eigenvalue weighted by Gasteiger charge is 2.30. The number of likely N-dealkylation sites (N-methyl/N-ethyl adjacent to an activating group) is 1. The van der Waals surface area contributed by atoms with Crippen LogP contribution in [0, 0.1) is 0 Å². The van der Waals surface area contributed by atoms with Gasteiger partial charge >= 0.3 is 6.03 Å². The van der Waals surface area contributed by atoms with Crippen molar-refractivity contribution in [2.24, 2.45) is 0 Å². The molecule has 1 fully saturated rings. The molecule has 1 aliphatic carbocycles. The lowest BCUT2D eigenvalue weighted by atomic mass is 9.85. The predicted octanol–water partition coefficient (Wildman–Crippen LogP) is 6.13. The van der Waals surface area contributed by atoms with Crippen molar-refractivity contribution in [3.8, 4) is 11.4 Å². The number of nitrogens with one attached hydrogen (secondary N) is 2. The van der Waals surface area contributed by atoms with Crippen LogP contribution in [0.1, 0.15) is 88.8 Å². The monoisotopic (exact) mass is 679 g/mol. The summed E-state index contributed by atoms with van der Waals surface area (Å²) < 4.78 is 12.4. The first-order chi connectivity index (χ1) is 24.2. The minimum absolute atomic E-state index is 0.149. The normalized spacial score (nSPS) is 18.0. The third-order valence-electron chi connectivity index (χ3n) is 9.85. The highest BCUT2D eigenvalue weighted by atomic mass is 16.5. The van der Waals surface area contributed by atoms with Gasteiger partial charge in [0.2, 0.25) is 5.95 Å². The molecule has 13 nitrogen and oxygen atoms in total. The zero-order valence-electron chi connectivity index (χ0n) is 29.8. The summed E-state index contributed by atoms with van der Waals surface area (Å²) in [6, 6.07) is 13.6. The van der Waals surface area contributed by atoms with E-state index in [0.29, 0.717) is 5.82 Å². The lowest BCUT2D eigenvalue weighted by Crippen LogP contribution is -2.36. The van der Waals surface area contributed by atoms with E-state index in [4.69, 9.17) is 9.84 Å². The average molecular weight is 680 g/mol. The number of anilines is 2. The summed E-state index contributed by atoms with van der Waals surface area (Å²) in [5, 5.41) is 24.7. The molecule has 4 aromatic heterocycles. The van der Waals surface area contributed by atoms with Crippen LogP contribution in [0.2, 0.25) is 0 Å². The minimum atomic E-state index is -0.286. The second-order valence-corrected chi connectivity index (χ2v) is 14.5. The Morgan fingerprint density at radius 1 is 1.02 bits per heavy atom. The molecule has 50 heavy (non-hydrogen) atoms. The maximum Gasteiger partial charge on any atom is 0.320 e. The fraction of sp³-hybridized carbons (Fsp3) is 0.486. The number of fused-ring (bicyclic) bond motifs is 2. The van der Waals surface area contributed by atoms with E-state index in [-0.39, 0.29) is 23.6 Å². The molecule has 1 saturated heterocycles. The Balaban J connectivity index is 1.06. The lowest BCUT2D eigenvalue weighted by molar-refractivity contribution is 0.171. The third-order valence-corrected chi connectivity index (χ3v) is 9.85. The van der Waals surface area contributed by atoms with E-state index in [2.05, 4.69) is 82.6 Å². The maximum atomic E-state index is 13.6. The van der Waals surface area contributed by atoms with E-state index in [0.717, 1.165) is 85.4 Å². The largest absolute Gasteiger partial charge is 0.484 e. The van der Waals surface area contributed by atoms with E-state index in [1.54, 1.807) is 10.9 Å². The smallest absolute Gasteiger partial charge is 0.320 e. The van der Waals surface area contributed by atoms with Gasteiger partial charge in [0.15, 0.2) is 5.65 Å². The summed E-state index contributed by atoms with van der Waals surface area (Å²) >= 11 is 0. The fourth-order valence-corrected chi connectivity index (χ4v) is 6.79. The number of ether oxygens (including phenoxy) is 1. The summed E-state index contributed by atoms with van der Waals surface area (Å²) in [5.41, 5.74) is 4.41. The summed E-state index contributed by atoms with van der Waals surface area (Å²) in [6.45, 7) is 13.1. The van der Waals surface area contributed by atoms with Gasteiger partial charge < -0.3 is 19.9 Å². The highest BCUT2D eigenvalue weighted by Crippen LogP contribution is 2.39. The summed E-state index contributed by atoms with van der Waals surface area (Å²) in [6.07, 6.45) is 10.7. The summed E-state index contributed by atoms with van der Waals surface area (Å²) in [4.78, 5) is 18.2. The van der Waals surface area contributed by atoms with Gasteiger partial charge in [-0.3, -0.25) is 14.4 Å². The Morgan fingerprint density at radius 2 is 1.82 bits per heavy atom. The van der Waals surface area contributed by atoms with Crippen LogP contribution in [0.5, 0.6) is 5.75 Å². The third kappa shape index (κ3) is 7.18. The van der Waals surface area contributed by atoms with Crippen LogP contribution in [-0.4, -0.2) is 78.3 Å². The number of urea groups is 1. The number of hydrogen-bond donors (Lipinski definition) is 2. The highest BCUT2D eigenvalue weighted by molar-refractivity contribution is 5.89. The maximum absolute atomic E-state index is 13.6. The van der Waals surface area contributed by atoms with Gasteiger partial charge in [0.1, 0.15) is 23.4 Å². The van der Waals surface area contributed by atoms with Crippen molar-refractivity contribution >= 4 is 23.4 Å². The summed E-state index contributed by atoms with van der Waals surface area (Å²) in [7, 11) is 2.09. The quantitative estimate of drug-likeness (QED) is 0.181. The van der Waals surface area contributed by atoms with Gasteiger partial charge in [-0.1, -0.05) is 52.0 Å². The second-order valence-electron chi connectivity index (χ2n) is 14.5. The lowest BCUT2D eigenvalue weighted by Gasteiger charge is -2.32. The number of carbonyl (C=O) groups is 1. The predicted molar refractivity (Wildman–Crippen MR) is 194 cm³/mol. The van der Waals surface area contributed by atoms with Crippen LogP contribution >= 0.6 is 0 Å². The Kier molecular flexibility index (Phi) is 9.50. The Morgan fingerprint density at radius 3 is 2.60 bits per heavy atom. The van der Waals surface area contributed by atoms with Crippen LogP contribution in [0.25, 0.3) is 11.3 Å². The molecule has 0 radical (unpaired) electrons. The van der Waals surface area contributed by atoms with Crippen molar-refractivity contribution in [1.82, 2.24) is 44.4 Å². The number of amides is 2. The van der Waals surface area contributed by atoms with E-state index < -0.39 is 0 Å². The molecular weight excluding hydrogens is 630 g/mol. The minimum Gasteiger partial charge on any atom is -0.484 e. The number of rotatable bonds is 10. The van der Waals surface area contributed by atoms with E-state index in [9.17, 15) is 4.79 Å². The van der Waals surface area contributed by atoms with Crippen molar-refractivity contribution < 1.29 is 9.53 Å². The topological polar surface area (TPSA) is 123 Å². The molecule has 0 bridgehead atoms. The zero-order chi connectivity index (χ0) is 34.8. The zero-order valence-corrected chi connectivity index (χ0v) is 29.8. The summed E-state index contributed by atoms with van der Waals surface area (Å²) in [5.74, 6) is 2.23. The van der Waals surface area contributed by atoms with Crippen molar-refractivity contribution in [3.63, 3.8) is 0 Å². The number of hydrogen-bond acceptors (Lipinski definition) is 8. The van der Waals surface area contributed by atoms with Gasteiger partial charge in [-0.05, 0) is 69.0 Å². The van der Waals surface area contributed by atoms with Crippen molar-refractivity contribution in [1.29, 1.82) is 0 Å². The number of piperidine rings is 1. The molecule has 7 rings (SSSR count). The van der Waals surface area contributed by atoms with Crippen LogP contribution in [0.4, 0.5) is 16.6 Å². The Labute approximate surface area is 293 Å². The van der Waals surface area contributed by atoms with Crippen molar-refractivity contribution in [2.45, 2.75) is 83.9 Å². The Bertz CT molecular complexity index is 1930. The Hall–Kier alpha value is -4.91. The average Bonchev–Trinajstić information content (AvgIpc) is 3.87. The molecule has 5 aromatic rings. The molecule has 2 aliphatic rings. The standard InChI is InChI=1S/C37H49N11O2/c1-6-44(5)20-21-46-24-26(23-38-46)48-34(22-32(43-48)37(2,3)4)40-35(49)39-30-15-16-31(29-13-9-8-12-28(29)30)50-27-14-17-33-41-42-36(47(33)25-27)45-18-10-7-11-19-45/h8-9,12-14,17,22-25,30-31H,6-7,10-11,15-16,18-21H2,1-5H3,(H2,39,40,49)/t30-,31+/m0/s1. The van der Waals surface area contributed by atoms with Gasteiger partial charge in [0, 0.05) is 31.1 Å².